The first-order chi connectivity index (χ1) is 15.0. The second-order valence-electron chi connectivity index (χ2n) is 8.20. The highest BCUT2D eigenvalue weighted by molar-refractivity contribution is 5.80. The summed E-state index contributed by atoms with van der Waals surface area (Å²) in [6, 6.07) is 9.50. The lowest BCUT2D eigenvalue weighted by molar-refractivity contribution is -0.137. The van der Waals surface area contributed by atoms with Crippen LogP contribution in [0.4, 0.5) is 13.2 Å². The van der Waals surface area contributed by atoms with E-state index in [4.69, 9.17) is 14.1 Å². The molecule has 3 heterocycles. The van der Waals surface area contributed by atoms with Gasteiger partial charge < -0.3 is 19.4 Å². The number of guanidine groups is 1. The number of rotatable bonds is 6. The molecule has 0 saturated carbocycles. The Hall–Kier alpha value is -2.48. The average molecular weight is 435 g/mol. The summed E-state index contributed by atoms with van der Waals surface area (Å²) in [5, 5.41) is 3.43. The van der Waals surface area contributed by atoms with Crippen LogP contribution in [0.25, 0.3) is 0 Å². The summed E-state index contributed by atoms with van der Waals surface area (Å²) >= 11 is 0. The molecule has 5 nitrogen and oxygen atoms in total. The van der Waals surface area contributed by atoms with Crippen molar-refractivity contribution in [3.63, 3.8) is 0 Å². The number of hydrogen-bond donors (Lipinski definition) is 1. The number of alkyl halides is 3. The third-order valence-corrected chi connectivity index (χ3v) is 5.93. The van der Waals surface area contributed by atoms with Gasteiger partial charge in [-0.05, 0) is 36.6 Å². The number of aliphatic imine (C=N–C) groups is 1. The van der Waals surface area contributed by atoms with Crippen molar-refractivity contribution < 1.29 is 22.3 Å². The third-order valence-electron chi connectivity index (χ3n) is 5.93. The monoisotopic (exact) mass is 435 g/mol. The van der Waals surface area contributed by atoms with Crippen molar-refractivity contribution >= 4 is 5.96 Å². The minimum atomic E-state index is -4.32. The molecule has 0 radical (unpaired) electrons. The van der Waals surface area contributed by atoms with Gasteiger partial charge in [0.2, 0.25) is 0 Å². The maximum absolute atomic E-state index is 13.1. The van der Waals surface area contributed by atoms with E-state index >= 15 is 0 Å². The van der Waals surface area contributed by atoms with Gasteiger partial charge in [-0.3, -0.25) is 4.99 Å². The molecule has 1 aromatic carbocycles. The fraction of sp³-hybridized carbons (Fsp3) is 0.522. The van der Waals surface area contributed by atoms with Crippen LogP contribution in [0.1, 0.15) is 35.6 Å². The van der Waals surface area contributed by atoms with Crippen molar-refractivity contribution in [3.05, 3.63) is 59.5 Å². The maximum Gasteiger partial charge on any atom is 0.416 e. The number of likely N-dealkylation sites (tertiary alicyclic amines) is 1. The number of ether oxygens (including phenoxy) is 1. The topological polar surface area (TPSA) is 50.0 Å². The molecular formula is C23H28F3N3O2. The number of nitrogens with one attached hydrogen (secondary N) is 1. The molecule has 2 fully saturated rings. The van der Waals surface area contributed by atoms with Crippen LogP contribution in [0.2, 0.25) is 0 Å². The summed E-state index contributed by atoms with van der Waals surface area (Å²) < 4.78 is 50.2. The van der Waals surface area contributed by atoms with Crippen LogP contribution in [-0.4, -0.2) is 50.3 Å². The van der Waals surface area contributed by atoms with E-state index in [9.17, 15) is 13.2 Å². The summed E-state index contributed by atoms with van der Waals surface area (Å²) in [7, 11) is 0. The molecule has 1 aromatic heterocycles. The molecule has 2 aliphatic heterocycles. The van der Waals surface area contributed by atoms with Crippen molar-refractivity contribution in [2.45, 2.75) is 31.4 Å². The highest BCUT2D eigenvalue weighted by Crippen LogP contribution is 2.33. The van der Waals surface area contributed by atoms with Crippen molar-refractivity contribution in [1.29, 1.82) is 0 Å². The molecule has 0 amide bonds. The van der Waals surface area contributed by atoms with Crippen molar-refractivity contribution in [1.82, 2.24) is 10.2 Å². The van der Waals surface area contributed by atoms with E-state index in [2.05, 4.69) is 10.2 Å². The Balaban J connectivity index is 1.41. The molecule has 31 heavy (non-hydrogen) atoms. The minimum Gasteiger partial charge on any atom is -0.469 e. The molecule has 4 rings (SSSR count). The highest BCUT2D eigenvalue weighted by atomic mass is 19.4. The molecule has 2 aromatic rings. The summed E-state index contributed by atoms with van der Waals surface area (Å²) in [6.07, 6.45) is -0.117. The molecule has 2 unspecified atom stereocenters. The van der Waals surface area contributed by atoms with Crippen molar-refractivity contribution in [3.8, 4) is 0 Å². The van der Waals surface area contributed by atoms with Crippen LogP contribution in [0.5, 0.6) is 0 Å². The Bertz CT molecular complexity index is 861. The van der Waals surface area contributed by atoms with Gasteiger partial charge >= 0.3 is 6.18 Å². The molecule has 2 saturated heterocycles. The quantitative estimate of drug-likeness (QED) is 0.543. The SMILES string of the molecule is FC(F)(F)c1cccc(C2CCN(C(=NCC3CCOC3)NCCc3ccco3)C2)c1. The van der Waals surface area contributed by atoms with Gasteiger partial charge in [-0.2, -0.15) is 13.2 Å². The van der Waals surface area contributed by atoms with Crippen molar-refractivity contribution in [2.75, 3.05) is 39.4 Å². The summed E-state index contributed by atoms with van der Waals surface area (Å²) in [4.78, 5) is 6.99. The number of furan rings is 1. The van der Waals surface area contributed by atoms with Gasteiger partial charge in [0.25, 0.3) is 0 Å². The highest BCUT2D eigenvalue weighted by Gasteiger charge is 2.32. The Morgan fingerprint density at radius 2 is 2.10 bits per heavy atom. The van der Waals surface area contributed by atoms with Crippen LogP contribution in [0.3, 0.4) is 0 Å². The third kappa shape index (κ3) is 5.81. The minimum absolute atomic E-state index is 0.0502. The first kappa shape index (κ1) is 21.7. The number of hydrogen-bond acceptors (Lipinski definition) is 3. The maximum atomic E-state index is 13.1. The van der Waals surface area contributed by atoms with Gasteiger partial charge in [-0.1, -0.05) is 18.2 Å². The Morgan fingerprint density at radius 3 is 2.84 bits per heavy atom. The normalized spacial score (nSPS) is 22.3. The molecule has 1 N–H and O–H groups in total. The first-order valence-corrected chi connectivity index (χ1v) is 10.8. The van der Waals surface area contributed by atoms with E-state index in [1.54, 1.807) is 12.3 Å². The predicted octanol–water partition coefficient (Wildman–Crippen LogP) is 4.31. The van der Waals surface area contributed by atoms with Gasteiger partial charge in [0, 0.05) is 51.0 Å². The molecule has 0 spiro atoms. The smallest absolute Gasteiger partial charge is 0.416 e. The van der Waals surface area contributed by atoms with E-state index in [0.717, 1.165) is 62.4 Å². The van der Waals surface area contributed by atoms with Gasteiger partial charge in [-0.15, -0.1) is 0 Å². The van der Waals surface area contributed by atoms with Gasteiger partial charge in [0.1, 0.15) is 5.76 Å². The average Bonchev–Trinajstić information content (AvgIpc) is 3.53. The molecular weight excluding hydrogens is 407 g/mol. The second kappa shape index (κ2) is 9.77. The zero-order chi connectivity index (χ0) is 21.7. The van der Waals surface area contributed by atoms with Crippen LogP contribution in [0.15, 0.2) is 52.1 Å². The number of halogens is 3. The van der Waals surface area contributed by atoms with E-state index in [1.165, 1.54) is 12.1 Å². The lowest BCUT2D eigenvalue weighted by Gasteiger charge is -2.23. The molecule has 168 valence electrons. The molecule has 8 heteroatoms. The van der Waals surface area contributed by atoms with Crippen LogP contribution < -0.4 is 5.32 Å². The van der Waals surface area contributed by atoms with E-state index in [0.29, 0.717) is 25.6 Å². The predicted molar refractivity (Wildman–Crippen MR) is 112 cm³/mol. The first-order valence-electron chi connectivity index (χ1n) is 10.8. The Morgan fingerprint density at radius 1 is 1.19 bits per heavy atom. The van der Waals surface area contributed by atoms with Crippen LogP contribution in [0, 0.1) is 5.92 Å². The zero-order valence-electron chi connectivity index (χ0n) is 17.4. The largest absolute Gasteiger partial charge is 0.469 e. The van der Waals surface area contributed by atoms with E-state index in [-0.39, 0.29) is 5.92 Å². The number of benzene rings is 1. The molecule has 2 aliphatic rings. The standard InChI is InChI=1S/C23H28F3N3O2/c24-23(25,26)20-4-1-3-18(13-20)19-7-10-29(15-19)22(28-14-17-8-12-30-16-17)27-9-6-21-5-2-11-31-21/h1-5,11,13,17,19H,6-10,12,14-16H2,(H,27,28). The fourth-order valence-corrected chi connectivity index (χ4v) is 4.16. The lowest BCUT2D eigenvalue weighted by atomic mass is 9.96. The summed E-state index contributed by atoms with van der Waals surface area (Å²) in [5.41, 5.74) is 0.145. The van der Waals surface area contributed by atoms with Crippen LogP contribution in [-0.2, 0) is 17.3 Å². The van der Waals surface area contributed by atoms with Gasteiger partial charge in [0.05, 0.1) is 18.4 Å². The lowest BCUT2D eigenvalue weighted by Crippen LogP contribution is -2.41. The van der Waals surface area contributed by atoms with E-state index in [1.807, 2.05) is 12.1 Å². The van der Waals surface area contributed by atoms with Crippen molar-refractivity contribution in [2.24, 2.45) is 10.9 Å². The number of nitrogens with zero attached hydrogens (tertiary/aromatic N) is 2. The van der Waals surface area contributed by atoms with E-state index < -0.39 is 11.7 Å². The summed E-state index contributed by atoms with van der Waals surface area (Å²) in [5.74, 6) is 2.19. The summed E-state index contributed by atoms with van der Waals surface area (Å²) in [6.45, 7) is 4.29. The zero-order valence-corrected chi connectivity index (χ0v) is 17.4. The Kier molecular flexibility index (Phi) is 6.85. The molecule has 0 bridgehead atoms. The second-order valence-corrected chi connectivity index (χ2v) is 8.20. The molecule has 2 atom stereocenters. The van der Waals surface area contributed by atoms with Gasteiger partial charge in [-0.25, -0.2) is 0 Å². The van der Waals surface area contributed by atoms with Crippen LogP contribution >= 0.6 is 0 Å². The van der Waals surface area contributed by atoms with Gasteiger partial charge in [0.15, 0.2) is 5.96 Å². The molecule has 0 aliphatic carbocycles. The Labute approximate surface area is 180 Å². The fourth-order valence-electron chi connectivity index (χ4n) is 4.16.